The van der Waals surface area contributed by atoms with Crippen molar-refractivity contribution in [2.24, 2.45) is 11.8 Å². The Hall–Kier alpha value is -4.32. The van der Waals surface area contributed by atoms with Crippen LogP contribution in [0.4, 0.5) is 0 Å². The molecule has 68 heavy (non-hydrogen) atoms. The number of allylic oxidation sites excluding steroid dienone is 1. The van der Waals surface area contributed by atoms with Crippen LogP contribution in [0.15, 0.2) is 24.7 Å². The van der Waals surface area contributed by atoms with Gasteiger partial charge in [-0.2, -0.15) is 0 Å². The van der Waals surface area contributed by atoms with Gasteiger partial charge in [0.05, 0.1) is 138 Å². The van der Waals surface area contributed by atoms with Crippen LogP contribution in [0.25, 0.3) is 6.08 Å². The quantitative estimate of drug-likeness (QED) is 0.0809. The van der Waals surface area contributed by atoms with Crippen LogP contribution in [-0.2, 0) is 74.9 Å². The molecular weight excluding hydrogens is 885 g/mol. The molecule has 21 nitrogen and oxygen atoms in total. The van der Waals surface area contributed by atoms with Crippen LogP contribution < -0.4 is 16.0 Å². The molecular formula is C47H80N8O13. The largest absolute Gasteiger partial charge is 0.377 e. The predicted molar refractivity (Wildman–Crippen MR) is 252 cm³/mol. The number of amides is 3. The predicted octanol–water partition coefficient (Wildman–Crippen LogP) is 2.71. The first-order valence-electron chi connectivity index (χ1n) is 23.8. The summed E-state index contributed by atoms with van der Waals surface area (Å²) in [4.78, 5) is 58.0. The zero-order valence-corrected chi connectivity index (χ0v) is 41.6. The van der Waals surface area contributed by atoms with Crippen molar-refractivity contribution in [1.29, 1.82) is 0 Å². The lowest BCUT2D eigenvalue weighted by Gasteiger charge is -2.24. The summed E-state index contributed by atoms with van der Waals surface area (Å²) in [5.41, 5.74) is 1.63. The van der Waals surface area contributed by atoms with Crippen molar-refractivity contribution in [3.8, 4) is 0 Å². The van der Waals surface area contributed by atoms with Crippen LogP contribution in [0.3, 0.4) is 0 Å². The smallest absolute Gasteiger partial charge is 0.246 e. The van der Waals surface area contributed by atoms with E-state index in [4.69, 9.17) is 42.6 Å². The van der Waals surface area contributed by atoms with E-state index in [-0.39, 0.29) is 43.3 Å². The van der Waals surface area contributed by atoms with Crippen LogP contribution in [-0.4, -0.2) is 179 Å². The van der Waals surface area contributed by atoms with Crippen molar-refractivity contribution in [1.82, 2.24) is 40.9 Å². The molecule has 386 valence electrons. The van der Waals surface area contributed by atoms with Gasteiger partial charge in [0.25, 0.3) is 0 Å². The molecule has 0 spiro atoms. The Balaban J connectivity index is 1.27. The molecule has 0 aliphatic heterocycles. The van der Waals surface area contributed by atoms with Gasteiger partial charge >= 0.3 is 0 Å². The van der Waals surface area contributed by atoms with Crippen molar-refractivity contribution in [3.05, 3.63) is 41.7 Å². The minimum Gasteiger partial charge on any atom is -0.377 e. The summed E-state index contributed by atoms with van der Waals surface area (Å²) in [6, 6.07) is -1.41. The van der Waals surface area contributed by atoms with Crippen molar-refractivity contribution < 1.29 is 61.8 Å². The van der Waals surface area contributed by atoms with Crippen molar-refractivity contribution in [2.75, 3.05) is 119 Å². The first-order chi connectivity index (χ1) is 32.9. The van der Waals surface area contributed by atoms with Crippen molar-refractivity contribution in [2.45, 2.75) is 98.8 Å². The Bertz CT molecular complexity index is 1660. The Morgan fingerprint density at radius 3 is 1.59 bits per heavy atom. The summed E-state index contributed by atoms with van der Waals surface area (Å²) in [5, 5.41) is 16.5. The summed E-state index contributed by atoms with van der Waals surface area (Å²) in [5.74, 6) is -0.175. The van der Waals surface area contributed by atoms with Crippen LogP contribution in [0.2, 0.25) is 0 Å². The van der Waals surface area contributed by atoms with Gasteiger partial charge in [0.1, 0.15) is 24.2 Å². The third kappa shape index (κ3) is 30.2. The van der Waals surface area contributed by atoms with Gasteiger partial charge in [0.2, 0.25) is 17.7 Å². The number of Topliss-reactive ketones (excluding diaryl/α,β-unsaturated/α-hetero) is 1. The fraction of sp³-hybridized carbons (Fsp3) is 0.745. The zero-order chi connectivity index (χ0) is 49.6. The molecule has 0 radical (unpaired) electrons. The molecule has 2 rings (SSSR count). The zero-order valence-electron chi connectivity index (χ0n) is 41.6. The fourth-order valence-corrected chi connectivity index (χ4v) is 5.85. The molecule has 2 heterocycles. The third-order valence-electron chi connectivity index (χ3n) is 9.64. The lowest BCUT2D eigenvalue weighted by atomic mass is 10.0. The average molecular weight is 965 g/mol. The SMILES string of the molecule is CC(C)C(=O)[C@H](C)NC(=O)[C@@H](NC(=O)COCCOCCOCCOCCOCCOCCOCCOCCOCCn1cc(CNC(=O)CCCC=Cc2cnc(C(C)C)nc2)nn1)C(C)C. The lowest BCUT2D eigenvalue weighted by Crippen LogP contribution is -2.54. The highest BCUT2D eigenvalue weighted by Crippen LogP contribution is 2.10. The summed E-state index contributed by atoms with van der Waals surface area (Å²) in [6.07, 6.45) is 11.4. The molecule has 2 atom stereocenters. The normalized spacial score (nSPS) is 12.6. The second-order valence-corrected chi connectivity index (χ2v) is 16.6. The second-order valence-electron chi connectivity index (χ2n) is 16.6. The Morgan fingerprint density at radius 1 is 0.632 bits per heavy atom. The minimum atomic E-state index is -0.780. The first-order valence-corrected chi connectivity index (χ1v) is 23.8. The molecule has 0 fully saturated rings. The Morgan fingerprint density at radius 2 is 1.12 bits per heavy atom. The molecule has 0 aliphatic carbocycles. The maximum Gasteiger partial charge on any atom is 0.246 e. The molecule has 3 N–H and O–H groups in total. The van der Waals surface area contributed by atoms with E-state index in [1.807, 2.05) is 38.4 Å². The molecule has 3 amide bonds. The molecule has 2 aromatic rings. The van der Waals surface area contributed by atoms with Gasteiger partial charge in [-0.3, -0.25) is 19.2 Å². The van der Waals surface area contributed by atoms with E-state index in [9.17, 15) is 19.2 Å². The highest BCUT2D eigenvalue weighted by molar-refractivity contribution is 5.93. The fourth-order valence-electron chi connectivity index (χ4n) is 5.85. The Labute approximate surface area is 402 Å². The number of unbranched alkanes of at least 4 members (excludes halogenated alkanes) is 1. The number of carbonyl (C=O) groups is 4. The number of hydrogen-bond donors (Lipinski definition) is 3. The number of carbonyl (C=O) groups excluding carboxylic acids is 4. The maximum atomic E-state index is 12.6. The van der Waals surface area contributed by atoms with E-state index < -0.39 is 23.9 Å². The molecule has 0 saturated heterocycles. The number of nitrogens with zero attached hydrogens (tertiary/aromatic N) is 5. The van der Waals surface area contributed by atoms with E-state index in [0.717, 1.165) is 24.2 Å². The Kier molecular flexibility index (Phi) is 33.9. The van der Waals surface area contributed by atoms with Crippen LogP contribution >= 0.6 is 0 Å². The van der Waals surface area contributed by atoms with Gasteiger partial charge < -0.3 is 58.6 Å². The summed E-state index contributed by atoms with van der Waals surface area (Å²) in [7, 11) is 0. The highest BCUT2D eigenvalue weighted by Gasteiger charge is 2.27. The molecule has 0 aliphatic rings. The van der Waals surface area contributed by atoms with E-state index in [2.05, 4.69) is 50.1 Å². The molecule has 21 heteroatoms. The topological polar surface area (TPSA) is 244 Å². The maximum absolute atomic E-state index is 12.6. The standard InChI is InChI=1S/C47H80N8O13/c1-36(2)44(47(59)51-39(7)45(58)37(3)4)52-43(57)35-68-30-29-67-28-27-66-26-25-65-24-23-64-22-21-63-20-19-62-18-17-61-16-15-60-14-13-55-34-41(53-54-55)33-48-42(56)12-10-8-9-11-40-31-49-46(38(5)6)50-32-40/h9,11,31-32,34,36-39,44H,8,10,12-30,33,35H2,1-7H3,(H,48,56)(H,51,59)(H,52,57)/t39-,44-/m0/s1. The number of hydrogen-bond acceptors (Lipinski definition) is 17. The minimum absolute atomic E-state index is 0.0263. The second kappa shape index (κ2) is 38.5. The van der Waals surface area contributed by atoms with Gasteiger partial charge in [-0.1, -0.05) is 58.9 Å². The molecule has 0 unspecified atom stereocenters. The number of aromatic nitrogens is 5. The molecule has 0 aromatic carbocycles. The highest BCUT2D eigenvalue weighted by atomic mass is 16.6. The number of ether oxygens (including phenoxy) is 9. The molecule has 2 aromatic heterocycles. The number of rotatable bonds is 43. The summed E-state index contributed by atoms with van der Waals surface area (Å²) < 4.78 is 51.2. The van der Waals surface area contributed by atoms with Crippen LogP contribution in [0.5, 0.6) is 0 Å². The number of nitrogens with one attached hydrogen (secondary N) is 3. The molecule has 0 saturated carbocycles. The lowest BCUT2D eigenvalue weighted by molar-refractivity contribution is -0.134. The van der Waals surface area contributed by atoms with Crippen molar-refractivity contribution in [3.63, 3.8) is 0 Å². The van der Waals surface area contributed by atoms with Gasteiger partial charge in [0, 0.05) is 36.2 Å². The number of ketones is 1. The van der Waals surface area contributed by atoms with Gasteiger partial charge in [-0.05, 0) is 25.7 Å². The van der Waals surface area contributed by atoms with E-state index >= 15 is 0 Å². The van der Waals surface area contributed by atoms with Gasteiger partial charge in [-0.25, -0.2) is 14.6 Å². The van der Waals surface area contributed by atoms with Crippen molar-refractivity contribution >= 4 is 29.6 Å². The van der Waals surface area contributed by atoms with E-state index in [0.29, 0.717) is 130 Å². The summed E-state index contributed by atoms with van der Waals surface area (Å²) >= 11 is 0. The van der Waals surface area contributed by atoms with E-state index in [1.165, 1.54) is 0 Å². The van der Waals surface area contributed by atoms with Gasteiger partial charge in [0.15, 0.2) is 5.78 Å². The van der Waals surface area contributed by atoms with E-state index in [1.54, 1.807) is 31.6 Å². The third-order valence-corrected chi connectivity index (χ3v) is 9.64. The van der Waals surface area contributed by atoms with Gasteiger partial charge in [-0.15, -0.1) is 5.10 Å². The first kappa shape index (κ1) is 59.8. The summed E-state index contributed by atoms with van der Waals surface area (Å²) in [6.45, 7) is 20.7. The average Bonchev–Trinajstić information content (AvgIpc) is 3.78. The monoisotopic (exact) mass is 965 g/mol. The molecule has 0 bridgehead atoms. The van der Waals surface area contributed by atoms with Crippen LogP contribution in [0, 0.1) is 11.8 Å². The van der Waals surface area contributed by atoms with Crippen LogP contribution in [0.1, 0.15) is 90.7 Å².